The highest BCUT2D eigenvalue weighted by Gasteiger charge is 2.24. The van der Waals surface area contributed by atoms with Crippen molar-refractivity contribution in [2.75, 3.05) is 13.1 Å². The van der Waals surface area contributed by atoms with Crippen LogP contribution >= 0.6 is 0 Å². The number of hydrogen-bond donors (Lipinski definition) is 4. The second-order valence-corrected chi connectivity index (χ2v) is 9.62. The zero-order chi connectivity index (χ0) is 28.2. The summed E-state index contributed by atoms with van der Waals surface area (Å²) in [6, 6.07) is 17.2. The summed E-state index contributed by atoms with van der Waals surface area (Å²) in [5, 5.41) is 19.9. The number of aliphatic hydroxyl groups is 1. The van der Waals surface area contributed by atoms with Crippen LogP contribution in [0.2, 0.25) is 0 Å². The molecule has 0 fully saturated rings. The van der Waals surface area contributed by atoms with E-state index >= 15 is 0 Å². The standard InChI is InChI=1S/C31H37F2N3O3/c1-3-12-35-30(38)17-24-10-5-6-11-27(24)31(39)36-28(16-23-14-25(32)18-26(33)15-23)29(37)20-34-19-22-9-7-8-21(4-2)13-22/h5-11,13-15,18,28-29,34,37H,3-4,12,16-17,19-20H2,1-2H3,(H,35,38)(H,36,39)/t28-,29-/m0/s1. The molecule has 6 nitrogen and oxygen atoms in total. The smallest absolute Gasteiger partial charge is 0.251 e. The van der Waals surface area contributed by atoms with Gasteiger partial charge in [-0.25, -0.2) is 8.78 Å². The van der Waals surface area contributed by atoms with E-state index in [-0.39, 0.29) is 25.3 Å². The lowest BCUT2D eigenvalue weighted by atomic mass is 9.98. The molecule has 0 spiro atoms. The molecule has 0 bridgehead atoms. The van der Waals surface area contributed by atoms with Crippen molar-refractivity contribution < 1.29 is 23.5 Å². The second-order valence-electron chi connectivity index (χ2n) is 9.62. The van der Waals surface area contributed by atoms with Crippen molar-refractivity contribution in [3.05, 3.63) is 106 Å². The average Bonchev–Trinajstić information content (AvgIpc) is 2.91. The van der Waals surface area contributed by atoms with Gasteiger partial charge in [-0.3, -0.25) is 9.59 Å². The Labute approximate surface area is 228 Å². The average molecular weight is 538 g/mol. The predicted octanol–water partition coefficient (Wildman–Crippen LogP) is 4.09. The molecule has 0 unspecified atom stereocenters. The van der Waals surface area contributed by atoms with E-state index in [1.165, 1.54) is 17.7 Å². The Bertz CT molecular complexity index is 1230. The van der Waals surface area contributed by atoms with E-state index in [0.717, 1.165) is 24.5 Å². The van der Waals surface area contributed by atoms with E-state index in [1.807, 2.05) is 25.1 Å². The first-order chi connectivity index (χ1) is 18.8. The third kappa shape index (κ3) is 9.57. The van der Waals surface area contributed by atoms with Crippen molar-refractivity contribution in [1.82, 2.24) is 16.0 Å². The first-order valence-corrected chi connectivity index (χ1v) is 13.4. The third-order valence-electron chi connectivity index (χ3n) is 6.43. The maximum Gasteiger partial charge on any atom is 0.251 e. The SMILES string of the molecule is CCCNC(=O)Cc1ccccc1C(=O)N[C@@H](Cc1cc(F)cc(F)c1)[C@@H](O)CNCc1cccc(CC)c1. The lowest BCUT2D eigenvalue weighted by molar-refractivity contribution is -0.120. The van der Waals surface area contributed by atoms with Gasteiger partial charge in [0.15, 0.2) is 0 Å². The van der Waals surface area contributed by atoms with Crippen LogP contribution in [-0.2, 0) is 30.6 Å². The van der Waals surface area contributed by atoms with Gasteiger partial charge in [-0.1, -0.05) is 56.3 Å². The van der Waals surface area contributed by atoms with Crippen molar-refractivity contribution in [2.45, 2.75) is 58.2 Å². The number of carbonyl (C=O) groups excluding carboxylic acids is 2. The van der Waals surface area contributed by atoms with E-state index in [4.69, 9.17) is 0 Å². The van der Waals surface area contributed by atoms with Crippen molar-refractivity contribution in [3.8, 4) is 0 Å². The van der Waals surface area contributed by atoms with Crippen molar-refractivity contribution in [2.24, 2.45) is 0 Å². The quantitative estimate of drug-likeness (QED) is 0.249. The van der Waals surface area contributed by atoms with Crippen LogP contribution in [0.25, 0.3) is 0 Å². The molecular weight excluding hydrogens is 500 g/mol. The normalized spacial score (nSPS) is 12.5. The van der Waals surface area contributed by atoms with E-state index in [1.54, 1.807) is 24.3 Å². The van der Waals surface area contributed by atoms with Gasteiger partial charge in [0.2, 0.25) is 5.91 Å². The van der Waals surface area contributed by atoms with Crippen LogP contribution in [0.15, 0.2) is 66.7 Å². The highest BCUT2D eigenvalue weighted by Crippen LogP contribution is 2.15. The molecule has 4 N–H and O–H groups in total. The Morgan fingerprint density at radius 3 is 2.33 bits per heavy atom. The highest BCUT2D eigenvalue weighted by molar-refractivity contribution is 5.97. The lowest BCUT2D eigenvalue weighted by Crippen LogP contribution is -2.49. The van der Waals surface area contributed by atoms with Crippen molar-refractivity contribution in [3.63, 3.8) is 0 Å². The van der Waals surface area contributed by atoms with E-state index in [9.17, 15) is 23.5 Å². The van der Waals surface area contributed by atoms with E-state index < -0.39 is 29.7 Å². The summed E-state index contributed by atoms with van der Waals surface area (Å²) in [5.74, 6) is -2.14. The fourth-order valence-electron chi connectivity index (χ4n) is 4.37. The molecular formula is C31H37F2N3O3. The molecule has 3 rings (SSSR count). The number of aryl methyl sites for hydroxylation is 1. The Kier molecular flexibility index (Phi) is 11.6. The fourth-order valence-corrected chi connectivity index (χ4v) is 4.37. The second kappa shape index (κ2) is 15.1. The minimum atomic E-state index is -1.06. The highest BCUT2D eigenvalue weighted by atomic mass is 19.1. The van der Waals surface area contributed by atoms with Crippen LogP contribution in [0, 0.1) is 11.6 Å². The number of carbonyl (C=O) groups is 2. The molecule has 2 amide bonds. The van der Waals surface area contributed by atoms with Crippen molar-refractivity contribution >= 4 is 11.8 Å². The number of hydrogen-bond acceptors (Lipinski definition) is 4. The zero-order valence-corrected chi connectivity index (χ0v) is 22.5. The van der Waals surface area contributed by atoms with Crippen LogP contribution in [0.1, 0.15) is 52.9 Å². The molecule has 8 heteroatoms. The molecule has 0 aromatic heterocycles. The Morgan fingerprint density at radius 1 is 0.897 bits per heavy atom. The van der Waals surface area contributed by atoms with E-state index in [2.05, 4.69) is 28.9 Å². The van der Waals surface area contributed by atoms with Gasteiger partial charge in [0.05, 0.1) is 18.6 Å². The first-order valence-electron chi connectivity index (χ1n) is 13.4. The molecule has 39 heavy (non-hydrogen) atoms. The minimum absolute atomic E-state index is 0.00768. The molecule has 0 heterocycles. The van der Waals surface area contributed by atoms with Crippen LogP contribution in [0.5, 0.6) is 0 Å². The fraction of sp³-hybridized carbons (Fsp3) is 0.355. The monoisotopic (exact) mass is 537 g/mol. The zero-order valence-electron chi connectivity index (χ0n) is 22.5. The largest absolute Gasteiger partial charge is 0.390 e. The summed E-state index contributed by atoms with van der Waals surface area (Å²) >= 11 is 0. The lowest BCUT2D eigenvalue weighted by Gasteiger charge is -2.25. The van der Waals surface area contributed by atoms with Gasteiger partial charge < -0.3 is 21.1 Å². The van der Waals surface area contributed by atoms with E-state index in [0.29, 0.717) is 29.8 Å². The van der Waals surface area contributed by atoms with Crippen LogP contribution in [0.3, 0.4) is 0 Å². The number of benzene rings is 3. The molecule has 208 valence electrons. The molecule has 0 aliphatic rings. The number of amides is 2. The van der Waals surface area contributed by atoms with Gasteiger partial charge in [0.25, 0.3) is 5.91 Å². The Balaban J connectivity index is 1.75. The van der Waals surface area contributed by atoms with Gasteiger partial charge >= 0.3 is 0 Å². The van der Waals surface area contributed by atoms with Gasteiger partial charge in [0.1, 0.15) is 11.6 Å². The number of aliphatic hydroxyl groups excluding tert-OH is 1. The van der Waals surface area contributed by atoms with Gasteiger partial charge in [0, 0.05) is 31.3 Å². The maximum absolute atomic E-state index is 13.9. The number of halogens is 2. The third-order valence-corrected chi connectivity index (χ3v) is 6.43. The van der Waals surface area contributed by atoms with Gasteiger partial charge in [-0.15, -0.1) is 0 Å². The van der Waals surface area contributed by atoms with Crippen molar-refractivity contribution in [1.29, 1.82) is 0 Å². The molecule has 2 atom stereocenters. The summed E-state index contributed by atoms with van der Waals surface area (Å²) < 4.78 is 27.8. The summed E-state index contributed by atoms with van der Waals surface area (Å²) in [5.41, 5.74) is 3.41. The minimum Gasteiger partial charge on any atom is -0.390 e. The molecule has 3 aromatic rings. The molecule has 0 aliphatic carbocycles. The molecule has 0 radical (unpaired) electrons. The van der Waals surface area contributed by atoms with Gasteiger partial charge in [-0.05, 0) is 59.7 Å². The summed E-state index contributed by atoms with van der Waals surface area (Å²) in [6.07, 6.45) is 0.690. The molecule has 0 saturated carbocycles. The van der Waals surface area contributed by atoms with Gasteiger partial charge in [-0.2, -0.15) is 0 Å². The number of nitrogens with one attached hydrogen (secondary N) is 3. The summed E-state index contributed by atoms with van der Waals surface area (Å²) in [4.78, 5) is 25.6. The van der Waals surface area contributed by atoms with Crippen LogP contribution < -0.4 is 16.0 Å². The summed E-state index contributed by atoms with van der Waals surface area (Å²) in [7, 11) is 0. The van der Waals surface area contributed by atoms with Crippen LogP contribution in [0.4, 0.5) is 8.78 Å². The molecule has 0 saturated heterocycles. The number of rotatable bonds is 14. The van der Waals surface area contributed by atoms with Crippen LogP contribution in [-0.4, -0.2) is 42.2 Å². The molecule has 0 aliphatic heterocycles. The predicted molar refractivity (Wildman–Crippen MR) is 148 cm³/mol. The summed E-state index contributed by atoms with van der Waals surface area (Å²) in [6.45, 7) is 5.22. The Hall–Kier alpha value is -3.62. The first kappa shape index (κ1) is 29.9. The topological polar surface area (TPSA) is 90.5 Å². The molecule has 3 aromatic carbocycles. The Morgan fingerprint density at radius 2 is 1.62 bits per heavy atom. The maximum atomic E-state index is 13.9.